The van der Waals surface area contributed by atoms with Gasteiger partial charge in [0.2, 0.25) is 0 Å². The van der Waals surface area contributed by atoms with Gasteiger partial charge in [-0.3, -0.25) is 9.48 Å². The van der Waals surface area contributed by atoms with Crippen LogP contribution in [0.1, 0.15) is 61.0 Å². The molecular weight excluding hydrogens is 433 g/mol. The van der Waals surface area contributed by atoms with Gasteiger partial charge in [0.25, 0.3) is 5.91 Å². The predicted molar refractivity (Wildman–Crippen MR) is 120 cm³/mol. The lowest BCUT2D eigenvalue weighted by Gasteiger charge is -2.37. The van der Waals surface area contributed by atoms with E-state index < -0.39 is 17.6 Å². The number of primary amides is 1. The number of nitrogens with one attached hydrogen (secondary N) is 2. The molecule has 2 saturated carbocycles. The largest absolute Gasteiger partial charge is 0.416 e. The van der Waals surface area contributed by atoms with Gasteiger partial charge in [-0.1, -0.05) is 0 Å². The summed E-state index contributed by atoms with van der Waals surface area (Å²) in [6, 6.07) is 5.48. The molecule has 1 aromatic carbocycles. The number of rotatable bonds is 8. The number of carbonyl (C=O) groups excluding carboxylic acids is 1. The summed E-state index contributed by atoms with van der Waals surface area (Å²) in [5, 5.41) is 11.2. The second kappa shape index (κ2) is 9.34. The number of nitrogens with zero attached hydrogens (tertiary/aromatic N) is 2. The van der Waals surface area contributed by atoms with Gasteiger partial charge in [0.15, 0.2) is 5.82 Å². The van der Waals surface area contributed by atoms with Crippen LogP contribution >= 0.6 is 0 Å². The highest BCUT2D eigenvalue weighted by molar-refractivity contribution is 5.98. The molecule has 10 heteroatoms. The van der Waals surface area contributed by atoms with E-state index in [4.69, 9.17) is 11.5 Å². The zero-order valence-corrected chi connectivity index (χ0v) is 18.6. The number of hydrogen-bond donors (Lipinski definition) is 4. The Kier molecular flexibility index (Phi) is 6.67. The summed E-state index contributed by atoms with van der Waals surface area (Å²) >= 11 is 0. The van der Waals surface area contributed by atoms with Gasteiger partial charge in [-0.05, 0) is 81.7 Å². The lowest BCUT2D eigenvalue weighted by Crippen LogP contribution is -2.44. The molecule has 7 nitrogen and oxygen atoms in total. The molecule has 4 atom stereocenters. The van der Waals surface area contributed by atoms with Gasteiger partial charge in [0.05, 0.1) is 11.6 Å². The van der Waals surface area contributed by atoms with Crippen LogP contribution in [0.3, 0.4) is 0 Å². The maximum atomic E-state index is 12.8. The van der Waals surface area contributed by atoms with Gasteiger partial charge in [0.1, 0.15) is 5.56 Å². The number of anilines is 2. The maximum absolute atomic E-state index is 12.8. The summed E-state index contributed by atoms with van der Waals surface area (Å²) in [6.07, 6.45) is 2.54. The van der Waals surface area contributed by atoms with E-state index in [-0.39, 0.29) is 23.3 Å². The first-order valence-electron chi connectivity index (χ1n) is 11.4. The van der Waals surface area contributed by atoms with Gasteiger partial charge in [-0.25, -0.2) is 0 Å². The Hall–Kier alpha value is -2.59. The Balaban J connectivity index is 1.49. The molecule has 1 aromatic heterocycles. The Morgan fingerprint density at radius 2 is 1.91 bits per heavy atom. The van der Waals surface area contributed by atoms with E-state index in [1.165, 1.54) is 25.0 Å². The average molecular weight is 465 g/mol. The van der Waals surface area contributed by atoms with Gasteiger partial charge < -0.3 is 22.1 Å². The molecule has 0 aliphatic heterocycles. The smallest absolute Gasteiger partial charge is 0.365 e. The molecule has 180 valence electrons. The number of carbonyl (C=O) groups is 1. The van der Waals surface area contributed by atoms with Crippen molar-refractivity contribution < 1.29 is 18.0 Å². The molecule has 1 amide bonds. The van der Waals surface area contributed by atoms with E-state index in [0.717, 1.165) is 37.3 Å². The Bertz CT molecular complexity index is 970. The third-order valence-electron chi connectivity index (χ3n) is 6.88. The topological polar surface area (TPSA) is 111 Å². The van der Waals surface area contributed by atoms with Crippen LogP contribution in [0, 0.1) is 11.8 Å². The third-order valence-corrected chi connectivity index (χ3v) is 6.88. The summed E-state index contributed by atoms with van der Waals surface area (Å²) < 4.78 is 40.2. The molecule has 0 spiro atoms. The van der Waals surface area contributed by atoms with Crippen molar-refractivity contribution in [1.82, 2.24) is 15.1 Å². The molecule has 2 fully saturated rings. The van der Waals surface area contributed by atoms with Crippen LogP contribution in [-0.2, 0) is 6.18 Å². The van der Waals surface area contributed by atoms with Gasteiger partial charge in [0, 0.05) is 24.0 Å². The first kappa shape index (κ1) is 23.6. The normalized spacial score (nSPS) is 24.5. The molecular formula is C23H31F3N6O. The molecule has 2 aliphatic rings. The molecule has 33 heavy (non-hydrogen) atoms. The second-order valence-electron chi connectivity index (χ2n) is 9.30. The molecule has 0 radical (unpaired) electrons. The predicted octanol–water partition coefficient (Wildman–Crippen LogP) is 3.80. The number of amides is 1. The van der Waals surface area contributed by atoms with Crippen molar-refractivity contribution in [3.8, 4) is 0 Å². The van der Waals surface area contributed by atoms with Crippen LogP contribution in [-0.4, -0.2) is 34.3 Å². The summed E-state index contributed by atoms with van der Waals surface area (Å²) in [4.78, 5) is 12.0. The second-order valence-corrected chi connectivity index (χ2v) is 9.30. The Labute approximate surface area is 191 Å². The van der Waals surface area contributed by atoms with Crippen molar-refractivity contribution in [2.75, 3.05) is 11.9 Å². The van der Waals surface area contributed by atoms with E-state index >= 15 is 0 Å². The summed E-state index contributed by atoms with van der Waals surface area (Å²) in [6.45, 7) is 2.74. The molecule has 1 unspecified atom stereocenters. The van der Waals surface area contributed by atoms with Crippen LogP contribution in [0.5, 0.6) is 0 Å². The van der Waals surface area contributed by atoms with Gasteiger partial charge in [-0.2, -0.15) is 18.3 Å². The summed E-state index contributed by atoms with van der Waals surface area (Å²) in [7, 11) is 0. The van der Waals surface area contributed by atoms with Crippen LogP contribution in [0.15, 0.2) is 30.5 Å². The average Bonchev–Trinajstić information content (AvgIpc) is 3.54. The fourth-order valence-corrected chi connectivity index (χ4v) is 4.82. The molecule has 4 rings (SSSR count). The van der Waals surface area contributed by atoms with E-state index in [0.29, 0.717) is 24.3 Å². The van der Waals surface area contributed by atoms with Crippen molar-refractivity contribution >= 4 is 17.4 Å². The zero-order chi connectivity index (χ0) is 23.8. The highest BCUT2D eigenvalue weighted by atomic mass is 19.4. The maximum Gasteiger partial charge on any atom is 0.416 e. The number of hydrogen-bond acceptors (Lipinski definition) is 5. The molecule has 1 heterocycles. The summed E-state index contributed by atoms with van der Waals surface area (Å²) in [5.74, 6) is 0.526. The van der Waals surface area contributed by atoms with E-state index in [9.17, 15) is 18.0 Å². The van der Waals surface area contributed by atoms with Crippen molar-refractivity contribution in [3.63, 3.8) is 0 Å². The van der Waals surface area contributed by atoms with E-state index in [1.807, 2.05) is 0 Å². The fourth-order valence-electron chi connectivity index (χ4n) is 4.82. The summed E-state index contributed by atoms with van der Waals surface area (Å²) in [5.41, 5.74) is 11.5. The SMILES string of the molecule is C[C@H](NC1CC[C@H](n2cc(C(N)=O)c(Nc3ccc(C(F)(F)F)cc3)n2)[C@@H](CN)C1)C1CC1. The standard InChI is InChI=1S/C23H31F3N6O/c1-13(14-2-3-14)29-18-8-9-20(15(10-18)11-27)32-12-19(21(28)33)22(31-32)30-17-6-4-16(5-7-17)23(24,25)26/h4-7,12-15,18,20,29H,2-3,8-11,27H2,1H3,(H2,28,33)(H,30,31)/t13-,15+,18?,20-/m0/s1. The minimum Gasteiger partial charge on any atom is -0.365 e. The zero-order valence-electron chi connectivity index (χ0n) is 18.6. The number of aromatic nitrogens is 2. The Morgan fingerprint density at radius 1 is 1.21 bits per heavy atom. The number of benzene rings is 1. The lowest BCUT2D eigenvalue weighted by molar-refractivity contribution is -0.137. The van der Waals surface area contributed by atoms with Crippen molar-refractivity contribution in [2.45, 2.75) is 63.3 Å². The van der Waals surface area contributed by atoms with Gasteiger partial charge in [-0.15, -0.1) is 0 Å². The van der Waals surface area contributed by atoms with Crippen LogP contribution in [0.25, 0.3) is 0 Å². The van der Waals surface area contributed by atoms with E-state index in [1.54, 1.807) is 10.9 Å². The third kappa shape index (κ3) is 5.50. The van der Waals surface area contributed by atoms with Crippen molar-refractivity contribution in [1.29, 1.82) is 0 Å². The minimum absolute atomic E-state index is 0.0190. The number of alkyl halides is 3. The van der Waals surface area contributed by atoms with Gasteiger partial charge >= 0.3 is 6.18 Å². The number of nitrogens with two attached hydrogens (primary N) is 2. The molecule has 2 aliphatic carbocycles. The van der Waals surface area contributed by atoms with Crippen LogP contribution in [0.4, 0.5) is 24.7 Å². The number of halogens is 3. The minimum atomic E-state index is -4.42. The van der Waals surface area contributed by atoms with Crippen molar-refractivity contribution in [2.24, 2.45) is 23.3 Å². The van der Waals surface area contributed by atoms with Crippen LogP contribution in [0.2, 0.25) is 0 Å². The highest BCUT2D eigenvalue weighted by Crippen LogP contribution is 2.37. The molecule has 2 aromatic rings. The quantitative estimate of drug-likeness (QED) is 0.475. The molecule has 0 saturated heterocycles. The molecule has 0 bridgehead atoms. The van der Waals surface area contributed by atoms with Crippen molar-refractivity contribution in [3.05, 3.63) is 41.6 Å². The fraction of sp³-hybridized carbons (Fsp3) is 0.565. The first-order chi connectivity index (χ1) is 15.7. The highest BCUT2D eigenvalue weighted by Gasteiger charge is 2.35. The molecule has 6 N–H and O–H groups in total. The Morgan fingerprint density at radius 3 is 2.48 bits per heavy atom. The van der Waals surface area contributed by atoms with Crippen LogP contribution < -0.4 is 22.1 Å². The monoisotopic (exact) mass is 464 g/mol. The lowest BCUT2D eigenvalue weighted by atomic mass is 9.81. The first-order valence-corrected chi connectivity index (χ1v) is 11.4. The van der Waals surface area contributed by atoms with E-state index in [2.05, 4.69) is 22.7 Å².